The van der Waals surface area contributed by atoms with Crippen molar-refractivity contribution < 1.29 is 19.0 Å². The van der Waals surface area contributed by atoms with Gasteiger partial charge in [-0.25, -0.2) is 4.39 Å². The third-order valence-electron chi connectivity index (χ3n) is 1.84. The number of hydrogen-bond donors (Lipinski definition) is 2. The minimum Gasteiger partial charge on any atom is -0.480 e. The van der Waals surface area contributed by atoms with Crippen LogP contribution in [0.4, 0.5) is 10.1 Å². The first-order valence-corrected chi connectivity index (χ1v) is 5.36. The van der Waals surface area contributed by atoms with Crippen molar-refractivity contribution >= 4 is 23.4 Å². The van der Waals surface area contributed by atoms with Crippen molar-refractivity contribution in [3.05, 3.63) is 24.0 Å². The molecular formula is C10H12FNO3S. The van der Waals surface area contributed by atoms with Crippen molar-refractivity contribution in [2.75, 3.05) is 19.5 Å². The average molecular weight is 245 g/mol. The van der Waals surface area contributed by atoms with E-state index < -0.39 is 17.0 Å². The molecule has 0 saturated carbocycles. The summed E-state index contributed by atoms with van der Waals surface area (Å²) in [5.74, 6) is -1.55. The van der Waals surface area contributed by atoms with Gasteiger partial charge in [0.05, 0.1) is 12.3 Å². The van der Waals surface area contributed by atoms with Crippen LogP contribution in [-0.2, 0) is 9.53 Å². The Balaban J connectivity index is 2.77. The number of anilines is 1. The summed E-state index contributed by atoms with van der Waals surface area (Å²) in [7, 11) is 1.42. The highest BCUT2D eigenvalue weighted by Gasteiger charge is 2.19. The number of thioether (sulfide) groups is 1. The minimum absolute atomic E-state index is 0.0444. The second-order valence-electron chi connectivity index (χ2n) is 3.08. The van der Waals surface area contributed by atoms with Crippen molar-refractivity contribution in [1.29, 1.82) is 0 Å². The Bertz CT molecular complexity index is 386. The van der Waals surface area contributed by atoms with Crippen LogP contribution in [0.2, 0.25) is 0 Å². The number of ether oxygens (including phenoxy) is 1. The maximum Gasteiger partial charge on any atom is 0.319 e. The lowest BCUT2D eigenvalue weighted by atomic mass is 10.3. The molecule has 0 aliphatic carbocycles. The number of benzene rings is 1. The summed E-state index contributed by atoms with van der Waals surface area (Å²) in [6.07, 6.45) is 0. The number of halogens is 1. The van der Waals surface area contributed by atoms with Gasteiger partial charge in [0.15, 0.2) is 0 Å². The number of carbonyl (C=O) groups is 1. The predicted molar refractivity (Wildman–Crippen MR) is 60.0 cm³/mol. The zero-order chi connectivity index (χ0) is 12.1. The lowest BCUT2D eigenvalue weighted by molar-refractivity contribution is -0.137. The Kier molecular flexibility index (Phi) is 4.57. The Morgan fingerprint density at radius 2 is 2.38 bits per heavy atom. The van der Waals surface area contributed by atoms with Crippen LogP contribution < -0.4 is 5.73 Å². The molecule has 0 spiro atoms. The van der Waals surface area contributed by atoms with Crippen molar-refractivity contribution in [3.8, 4) is 0 Å². The van der Waals surface area contributed by atoms with E-state index in [-0.39, 0.29) is 12.3 Å². The fourth-order valence-electron chi connectivity index (χ4n) is 1.05. The molecule has 0 aromatic heterocycles. The molecule has 0 aliphatic rings. The van der Waals surface area contributed by atoms with Gasteiger partial charge in [-0.05, 0) is 18.2 Å². The van der Waals surface area contributed by atoms with Gasteiger partial charge in [-0.1, -0.05) is 0 Å². The largest absolute Gasteiger partial charge is 0.480 e. The van der Waals surface area contributed by atoms with E-state index in [9.17, 15) is 9.18 Å². The fourth-order valence-corrected chi connectivity index (χ4v) is 2.00. The molecule has 0 amide bonds. The van der Waals surface area contributed by atoms with Crippen LogP contribution in [0.1, 0.15) is 0 Å². The molecule has 1 aromatic rings. The third kappa shape index (κ3) is 3.39. The predicted octanol–water partition coefficient (Wildman–Crippen LogP) is 1.60. The highest BCUT2D eigenvalue weighted by atomic mass is 32.2. The van der Waals surface area contributed by atoms with Gasteiger partial charge in [-0.2, -0.15) is 0 Å². The highest BCUT2D eigenvalue weighted by Crippen LogP contribution is 2.26. The minimum atomic E-state index is -0.996. The second-order valence-corrected chi connectivity index (χ2v) is 4.36. The molecule has 3 N–H and O–H groups in total. The Morgan fingerprint density at radius 1 is 1.69 bits per heavy atom. The van der Waals surface area contributed by atoms with E-state index in [2.05, 4.69) is 0 Å². The first kappa shape index (κ1) is 12.8. The molecule has 88 valence electrons. The van der Waals surface area contributed by atoms with E-state index in [1.54, 1.807) is 6.07 Å². The van der Waals surface area contributed by atoms with E-state index in [4.69, 9.17) is 15.6 Å². The Morgan fingerprint density at radius 3 is 2.88 bits per heavy atom. The highest BCUT2D eigenvalue weighted by molar-refractivity contribution is 8.00. The molecule has 1 rings (SSSR count). The number of carboxylic acids is 1. The lowest BCUT2D eigenvalue weighted by Crippen LogP contribution is -2.21. The van der Waals surface area contributed by atoms with Crippen molar-refractivity contribution in [2.45, 2.75) is 10.1 Å². The van der Waals surface area contributed by atoms with Crippen LogP contribution in [0.5, 0.6) is 0 Å². The van der Waals surface area contributed by atoms with Crippen LogP contribution in [0, 0.1) is 5.82 Å². The topological polar surface area (TPSA) is 72.5 Å². The Labute approximate surface area is 96.6 Å². The zero-order valence-electron chi connectivity index (χ0n) is 8.64. The Hall–Kier alpha value is -1.27. The molecule has 4 nitrogen and oxygen atoms in total. The maximum atomic E-state index is 13.1. The van der Waals surface area contributed by atoms with E-state index in [1.807, 2.05) is 0 Å². The van der Waals surface area contributed by atoms with Gasteiger partial charge in [0, 0.05) is 12.0 Å². The van der Waals surface area contributed by atoms with Crippen molar-refractivity contribution in [3.63, 3.8) is 0 Å². The third-order valence-corrected chi connectivity index (χ3v) is 2.99. The summed E-state index contributed by atoms with van der Waals surface area (Å²) in [4.78, 5) is 11.3. The standard InChI is InChI=1S/C10H12FNO3S/c1-15-5-9(10(13)14)16-6-2-3-8(12)7(11)4-6/h2-4,9H,5,12H2,1H3,(H,13,14). The summed E-state index contributed by atoms with van der Waals surface area (Å²) < 4.78 is 17.9. The van der Waals surface area contributed by atoms with Gasteiger partial charge in [-0.3, -0.25) is 4.79 Å². The first-order chi connectivity index (χ1) is 7.54. The van der Waals surface area contributed by atoms with Crippen molar-refractivity contribution in [2.24, 2.45) is 0 Å². The number of methoxy groups -OCH3 is 1. The lowest BCUT2D eigenvalue weighted by Gasteiger charge is -2.11. The number of nitrogens with two attached hydrogens (primary N) is 1. The molecule has 1 atom stereocenters. The maximum absolute atomic E-state index is 13.1. The zero-order valence-corrected chi connectivity index (χ0v) is 9.46. The van der Waals surface area contributed by atoms with Crippen LogP contribution in [-0.4, -0.2) is 30.0 Å². The molecule has 1 aromatic carbocycles. The SMILES string of the molecule is COCC(Sc1ccc(N)c(F)c1)C(=O)O. The molecule has 0 bridgehead atoms. The quantitative estimate of drug-likeness (QED) is 0.609. The molecule has 6 heteroatoms. The number of nitrogen functional groups attached to an aromatic ring is 1. The fraction of sp³-hybridized carbons (Fsp3) is 0.300. The first-order valence-electron chi connectivity index (χ1n) is 4.48. The molecule has 0 aliphatic heterocycles. The van der Waals surface area contributed by atoms with E-state index >= 15 is 0 Å². The number of carboxylic acid groups (broad SMARTS) is 1. The van der Waals surface area contributed by atoms with Crippen molar-refractivity contribution in [1.82, 2.24) is 0 Å². The monoisotopic (exact) mass is 245 g/mol. The molecule has 0 saturated heterocycles. The van der Waals surface area contributed by atoms with Gasteiger partial charge >= 0.3 is 5.97 Å². The summed E-state index contributed by atoms with van der Waals surface area (Å²) >= 11 is 1.02. The van der Waals surface area contributed by atoms with E-state index in [0.717, 1.165) is 11.8 Å². The normalized spacial score (nSPS) is 12.4. The van der Waals surface area contributed by atoms with E-state index in [0.29, 0.717) is 4.90 Å². The summed E-state index contributed by atoms with van der Waals surface area (Å²) in [5, 5.41) is 8.11. The average Bonchev–Trinajstić information content (AvgIpc) is 2.22. The molecule has 0 heterocycles. The van der Waals surface area contributed by atoms with Gasteiger partial charge in [0.2, 0.25) is 0 Å². The number of rotatable bonds is 5. The smallest absolute Gasteiger partial charge is 0.319 e. The molecule has 0 radical (unpaired) electrons. The van der Waals surface area contributed by atoms with Gasteiger partial charge in [0.25, 0.3) is 0 Å². The van der Waals surface area contributed by atoms with Gasteiger partial charge < -0.3 is 15.6 Å². The van der Waals surface area contributed by atoms with Crippen LogP contribution in [0.15, 0.2) is 23.1 Å². The second kappa shape index (κ2) is 5.72. The number of hydrogen-bond acceptors (Lipinski definition) is 4. The van der Waals surface area contributed by atoms with E-state index in [1.165, 1.54) is 19.2 Å². The molecular weight excluding hydrogens is 233 g/mol. The van der Waals surface area contributed by atoms with Gasteiger partial charge in [0.1, 0.15) is 11.1 Å². The van der Waals surface area contributed by atoms with Crippen LogP contribution in [0.3, 0.4) is 0 Å². The number of aliphatic carboxylic acids is 1. The summed E-state index contributed by atoms with van der Waals surface area (Å²) in [6, 6.07) is 4.20. The van der Waals surface area contributed by atoms with Crippen LogP contribution in [0.25, 0.3) is 0 Å². The van der Waals surface area contributed by atoms with Gasteiger partial charge in [-0.15, -0.1) is 11.8 Å². The molecule has 0 fully saturated rings. The molecule has 16 heavy (non-hydrogen) atoms. The van der Waals surface area contributed by atoms with Crippen LogP contribution >= 0.6 is 11.8 Å². The summed E-state index contributed by atoms with van der Waals surface area (Å²) in [5.41, 5.74) is 5.36. The molecule has 1 unspecified atom stereocenters. The summed E-state index contributed by atoms with van der Waals surface area (Å²) in [6.45, 7) is 0.0615.